The fourth-order valence-electron chi connectivity index (χ4n) is 3.07. The molecule has 1 N–H and O–H groups in total. The van der Waals surface area contributed by atoms with Crippen molar-refractivity contribution in [1.29, 1.82) is 0 Å². The molecule has 0 unspecified atom stereocenters. The van der Waals surface area contributed by atoms with Gasteiger partial charge >= 0.3 is 0 Å². The largest absolute Gasteiger partial charge is 0.315 e. The summed E-state index contributed by atoms with van der Waals surface area (Å²) in [5.41, 5.74) is 0.622. The quantitative estimate of drug-likeness (QED) is 0.734. The summed E-state index contributed by atoms with van der Waals surface area (Å²) >= 11 is 1.86. The lowest BCUT2D eigenvalue weighted by atomic mass is 9.82. The third kappa shape index (κ3) is 4.30. The van der Waals surface area contributed by atoms with Gasteiger partial charge in [-0.05, 0) is 49.1 Å². The molecule has 1 aromatic rings. The average Bonchev–Trinajstić information content (AvgIpc) is 3.08. The van der Waals surface area contributed by atoms with Crippen molar-refractivity contribution in [1.82, 2.24) is 10.2 Å². The summed E-state index contributed by atoms with van der Waals surface area (Å²) in [4.78, 5) is 4.13. The Morgan fingerprint density at radius 1 is 1.32 bits per heavy atom. The van der Waals surface area contributed by atoms with Crippen LogP contribution in [0, 0.1) is 5.41 Å². The van der Waals surface area contributed by atoms with Gasteiger partial charge in [0.1, 0.15) is 0 Å². The van der Waals surface area contributed by atoms with Crippen molar-refractivity contribution in [3.63, 3.8) is 0 Å². The second-order valence-corrected chi connectivity index (χ2v) is 6.84. The van der Waals surface area contributed by atoms with Gasteiger partial charge in [-0.25, -0.2) is 0 Å². The van der Waals surface area contributed by atoms with Crippen LogP contribution in [0.2, 0.25) is 0 Å². The highest BCUT2D eigenvalue weighted by Crippen LogP contribution is 2.36. The molecule has 1 aliphatic rings. The van der Waals surface area contributed by atoms with Gasteiger partial charge in [-0.3, -0.25) is 0 Å². The van der Waals surface area contributed by atoms with Gasteiger partial charge in [0.25, 0.3) is 0 Å². The predicted molar refractivity (Wildman–Crippen MR) is 85.0 cm³/mol. The summed E-state index contributed by atoms with van der Waals surface area (Å²) < 4.78 is 0. The Labute approximate surface area is 122 Å². The first-order valence-corrected chi connectivity index (χ1v) is 8.61. The van der Waals surface area contributed by atoms with Gasteiger partial charge in [-0.15, -0.1) is 11.3 Å². The lowest BCUT2D eigenvalue weighted by molar-refractivity contribution is 0.240. The maximum Gasteiger partial charge on any atom is 0.0107 e. The zero-order valence-electron chi connectivity index (χ0n) is 12.5. The second kappa shape index (κ2) is 7.41. The van der Waals surface area contributed by atoms with Gasteiger partial charge in [0.05, 0.1) is 0 Å². The van der Waals surface area contributed by atoms with Crippen LogP contribution in [0.1, 0.15) is 38.0 Å². The van der Waals surface area contributed by atoms with Crippen LogP contribution in [-0.2, 0) is 6.42 Å². The molecule has 0 aliphatic carbocycles. The van der Waals surface area contributed by atoms with E-state index in [9.17, 15) is 0 Å². The van der Waals surface area contributed by atoms with Crippen LogP contribution < -0.4 is 5.32 Å². The molecule has 0 aromatic carbocycles. The molecular weight excluding hydrogens is 252 g/mol. The fraction of sp³-hybridized carbons (Fsp3) is 0.750. The van der Waals surface area contributed by atoms with Gasteiger partial charge in [0.15, 0.2) is 0 Å². The molecule has 0 amide bonds. The molecule has 2 rings (SSSR count). The van der Waals surface area contributed by atoms with Gasteiger partial charge in [-0.1, -0.05) is 19.9 Å². The predicted octanol–water partition coefficient (Wildman–Crippen LogP) is 3.39. The molecule has 1 aromatic heterocycles. The van der Waals surface area contributed by atoms with Crippen molar-refractivity contribution < 1.29 is 0 Å². The number of nitrogens with zero attached hydrogens (tertiary/aromatic N) is 1. The molecule has 1 saturated heterocycles. The van der Waals surface area contributed by atoms with E-state index in [2.05, 4.69) is 41.6 Å². The van der Waals surface area contributed by atoms with Crippen molar-refractivity contribution in [2.24, 2.45) is 5.41 Å². The van der Waals surface area contributed by atoms with E-state index in [1.165, 1.54) is 50.2 Å². The maximum absolute atomic E-state index is 3.58. The zero-order chi connectivity index (χ0) is 13.6. The SMILES string of the molecule is CCC1(CC)CCN(CCNCCc2cccs2)C1. The monoisotopic (exact) mass is 280 g/mol. The van der Waals surface area contributed by atoms with Gasteiger partial charge in [0.2, 0.25) is 0 Å². The number of hydrogen-bond acceptors (Lipinski definition) is 3. The second-order valence-electron chi connectivity index (χ2n) is 5.81. The van der Waals surface area contributed by atoms with Crippen LogP contribution >= 0.6 is 11.3 Å². The number of rotatable bonds is 8. The summed E-state index contributed by atoms with van der Waals surface area (Å²) in [6.45, 7) is 10.8. The third-order valence-electron chi connectivity index (χ3n) is 4.75. The lowest BCUT2D eigenvalue weighted by Crippen LogP contribution is -2.33. The highest BCUT2D eigenvalue weighted by atomic mass is 32.1. The van der Waals surface area contributed by atoms with Crippen molar-refractivity contribution in [2.75, 3.05) is 32.7 Å². The van der Waals surface area contributed by atoms with Crippen LogP contribution in [0.15, 0.2) is 17.5 Å². The van der Waals surface area contributed by atoms with Crippen LogP contribution in [0.5, 0.6) is 0 Å². The van der Waals surface area contributed by atoms with Crippen molar-refractivity contribution in [3.05, 3.63) is 22.4 Å². The van der Waals surface area contributed by atoms with E-state index >= 15 is 0 Å². The molecule has 1 fully saturated rings. The highest BCUT2D eigenvalue weighted by molar-refractivity contribution is 7.09. The Kier molecular flexibility index (Phi) is 5.86. The normalized spacial score (nSPS) is 19.1. The smallest absolute Gasteiger partial charge is 0.0107 e. The zero-order valence-corrected chi connectivity index (χ0v) is 13.3. The molecule has 2 nitrogen and oxygen atoms in total. The van der Waals surface area contributed by atoms with Gasteiger partial charge < -0.3 is 10.2 Å². The molecule has 0 saturated carbocycles. The Balaban J connectivity index is 1.57. The summed E-state index contributed by atoms with van der Waals surface area (Å²) in [7, 11) is 0. The van der Waals surface area contributed by atoms with Gasteiger partial charge in [0, 0.05) is 31.1 Å². The summed E-state index contributed by atoms with van der Waals surface area (Å²) in [5.74, 6) is 0. The molecule has 19 heavy (non-hydrogen) atoms. The molecule has 0 radical (unpaired) electrons. The summed E-state index contributed by atoms with van der Waals surface area (Å²) in [6, 6.07) is 4.36. The number of hydrogen-bond donors (Lipinski definition) is 1. The first-order valence-electron chi connectivity index (χ1n) is 7.73. The minimum atomic E-state index is 0.622. The Morgan fingerprint density at radius 3 is 2.79 bits per heavy atom. The van der Waals surface area contributed by atoms with E-state index in [4.69, 9.17) is 0 Å². The molecule has 2 heterocycles. The third-order valence-corrected chi connectivity index (χ3v) is 5.69. The van der Waals surface area contributed by atoms with Crippen molar-refractivity contribution >= 4 is 11.3 Å². The van der Waals surface area contributed by atoms with E-state index in [-0.39, 0.29) is 0 Å². The molecule has 108 valence electrons. The van der Waals surface area contributed by atoms with Crippen molar-refractivity contribution in [3.8, 4) is 0 Å². The minimum absolute atomic E-state index is 0.622. The molecule has 0 spiro atoms. The van der Waals surface area contributed by atoms with Crippen LogP contribution in [0.25, 0.3) is 0 Å². The Hall–Kier alpha value is -0.380. The molecule has 0 atom stereocenters. The Morgan fingerprint density at radius 2 is 2.16 bits per heavy atom. The first kappa shape index (κ1) is 15.0. The van der Waals surface area contributed by atoms with Crippen LogP contribution in [0.4, 0.5) is 0 Å². The van der Waals surface area contributed by atoms with E-state index < -0.39 is 0 Å². The minimum Gasteiger partial charge on any atom is -0.315 e. The van der Waals surface area contributed by atoms with E-state index in [0.29, 0.717) is 5.41 Å². The Bertz CT molecular complexity index is 344. The van der Waals surface area contributed by atoms with Gasteiger partial charge in [-0.2, -0.15) is 0 Å². The molecule has 0 bridgehead atoms. The number of nitrogens with one attached hydrogen (secondary N) is 1. The molecule has 1 aliphatic heterocycles. The highest BCUT2D eigenvalue weighted by Gasteiger charge is 2.34. The fourth-order valence-corrected chi connectivity index (χ4v) is 3.78. The van der Waals surface area contributed by atoms with E-state index in [1.54, 1.807) is 0 Å². The summed E-state index contributed by atoms with van der Waals surface area (Å²) in [5, 5.41) is 5.74. The standard InChI is InChI=1S/C16H28N2S/c1-3-16(4-2)8-11-18(14-16)12-10-17-9-7-15-6-5-13-19-15/h5-6,13,17H,3-4,7-12,14H2,1-2H3. The van der Waals surface area contributed by atoms with Crippen LogP contribution in [-0.4, -0.2) is 37.6 Å². The first-order chi connectivity index (χ1) is 9.28. The lowest BCUT2D eigenvalue weighted by Gasteiger charge is -2.26. The topological polar surface area (TPSA) is 15.3 Å². The van der Waals surface area contributed by atoms with Crippen molar-refractivity contribution in [2.45, 2.75) is 39.5 Å². The molecular formula is C16H28N2S. The number of likely N-dealkylation sites (tertiary alicyclic amines) is 1. The summed E-state index contributed by atoms with van der Waals surface area (Å²) in [6.07, 6.45) is 5.25. The van der Waals surface area contributed by atoms with E-state index in [1.807, 2.05) is 11.3 Å². The van der Waals surface area contributed by atoms with E-state index in [0.717, 1.165) is 13.1 Å². The maximum atomic E-state index is 3.58. The number of thiophene rings is 1. The van der Waals surface area contributed by atoms with Crippen LogP contribution in [0.3, 0.4) is 0 Å². The average molecular weight is 280 g/mol. The molecule has 3 heteroatoms.